The van der Waals surface area contributed by atoms with E-state index < -0.39 is 0 Å². The molecule has 0 spiro atoms. The van der Waals surface area contributed by atoms with Gasteiger partial charge in [-0.2, -0.15) is 0 Å². The van der Waals surface area contributed by atoms with Gasteiger partial charge in [-0.1, -0.05) is 43.7 Å². The van der Waals surface area contributed by atoms with E-state index >= 15 is 0 Å². The SMILES string of the molecule is CCC(NC(=O)C(C)C(C)N)c1ccc(C)cc1. The summed E-state index contributed by atoms with van der Waals surface area (Å²) in [5, 5.41) is 3.06. The maximum atomic E-state index is 12.0. The van der Waals surface area contributed by atoms with E-state index in [0.29, 0.717) is 0 Å². The fraction of sp³-hybridized carbons (Fsp3) is 0.533. The topological polar surface area (TPSA) is 55.1 Å². The van der Waals surface area contributed by atoms with Gasteiger partial charge in [0.05, 0.1) is 6.04 Å². The number of benzene rings is 1. The largest absolute Gasteiger partial charge is 0.349 e. The molecule has 0 radical (unpaired) electrons. The van der Waals surface area contributed by atoms with Gasteiger partial charge < -0.3 is 11.1 Å². The van der Waals surface area contributed by atoms with Crippen molar-refractivity contribution in [2.75, 3.05) is 0 Å². The highest BCUT2D eigenvalue weighted by molar-refractivity contribution is 5.79. The summed E-state index contributed by atoms with van der Waals surface area (Å²) >= 11 is 0. The maximum Gasteiger partial charge on any atom is 0.224 e. The lowest BCUT2D eigenvalue weighted by atomic mass is 9.99. The van der Waals surface area contributed by atoms with Crippen LogP contribution in [0.4, 0.5) is 0 Å². The first-order chi connectivity index (χ1) is 8.45. The predicted molar refractivity (Wildman–Crippen MR) is 75.2 cm³/mol. The van der Waals surface area contributed by atoms with Crippen molar-refractivity contribution in [2.45, 2.75) is 46.2 Å². The normalized spacial score (nSPS) is 15.8. The van der Waals surface area contributed by atoms with E-state index in [2.05, 4.69) is 43.4 Å². The summed E-state index contributed by atoms with van der Waals surface area (Å²) in [6.07, 6.45) is 0.875. The van der Waals surface area contributed by atoms with Crippen LogP contribution in [0.25, 0.3) is 0 Å². The maximum absolute atomic E-state index is 12.0. The van der Waals surface area contributed by atoms with Crippen molar-refractivity contribution in [2.24, 2.45) is 11.7 Å². The molecule has 100 valence electrons. The van der Waals surface area contributed by atoms with Crippen LogP contribution in [0, 0.1) is 12.8 Å². The van der Waals surface area contributed by atoms with E-state index in [1.54, 1.807) is 0 Å². The monoisotopic (exact) mass is 248 g/mol. The minimum atomic E-state index is -0.163. The molecule has 0 heterocycles. The first kappa shape index (κ1) is 14.7. The van der Waals surface area contributed by atoms with Gasteiger partial charge in [-0.3, -0.25) is 4.79 Å². The molecule has 0 saturated carbocycles. The Balaban J connectivity index is 2.73. The van der Waals surface area contributed by atoms with Crippen LogP contribution in [0.3, 0.4) is 0 Å². The van der Waals surface area contributed by atoms with Crippen molar-refractivity contribution >= 4 is 5.91 Å². The van der Waals surface area contributed by atoms with Crippen LogP contribution in [-0.2, 0) is 4.79 Å². The Kier molecular flexibility index (Phi) is 5.35. The van der Waals surface area contributed by atoms with Crippen LogP contribution in [0.15, 0.2) is 24.3 Å². The molecule has 3 nitrogen and oxygen atoms in total. The Morgan fingerprint density at radius 1 is 1.28 bits per heavy atom. The highest BCUT2D eigenvalue weighted by Crippen LogP contribution is 2.18. The molecule has 0 aliphatic carbocycles. The van der Waals surface area contributed by atoms with Crippen molar-refractivity contribution in [1.82, 2.24) is 5.32 Å². The first-order valence-corrected chi connectivity index (χ1v) is 6.58. The number of nitrogens with two attached hydrogens (primary N) is 1. The Bertz CT molecular complexity index is 384. The third kappa shape index (κ3) is 3.84. The molecule has 1 aromatic rings. The zero-order chi connectivity index (χ0) is 13.7. The fourth-order valence-corrected chi connectivity index (χ4v) is 1.76. The first-order valence-electron chi connectivity index (χ1n) is 6.58. The minimum Gasteiger partial charge on any atom is -0.349 e. The van der Waals surface area contributed by atoms with Gasteiger partial charge in [-0.15, -0.1) is 0 Å². The molecule has 1 amide bonds. The summed E-state index contributed by atoms with van der Waals surface area (Å²) in [5.41, 5.74) is 8.12. The minimum absolute atomic E-state index is 0.0254. The highest BCUT2D eigenvalue weighted by atomic mass is 16.1. The molecule has 3 atom stereocenters. The lowest BCUT2D eigenvalue weighted by Crippen LogP contribution is -2.40. The molecule has 18 heavy (non-hydrogen) atoms. The number of hydrogen-bond acceptors (Lipinski definition) is 2. The van der Waals surface area contributed by atoms with E-state index in [4.69, 9.17) is 5.73 Å². The second-order valence-electron chi connectivity index (χ2n) is 5.03. The number of aryl methyl sites for hydroxylation is 1. The molecule has 0 fully saturated rings. The van der Waals surface area contributed by atoms with E-state index in [1.165, 1.54) is 5.56 Å². The molecule has 0 aromatic heterocycles. The molecule has 1 rings (SSSR count). The van der Waals surface area contributed by atoms with Crippen molar-refractivity contribution in [3.8, 4) is 0 Å². The third-order valence-electron chi connectivity index (χ3n) is 3.41. The average molecular weight is 248 g/mol. The van der Waals surface area contributed by atoms with Crippen molar-refractivity contribution < 1.29 is 4.79 Å². The molecule has 0 aliphatic heterocycles. The van der Waals surface area contributed by atoms with Gasteiger partial charge in [0.1, 0.15) is 0 Å². The van der Waals surface area contributed by atoms with E-state index in [1.807, 2.05) is 13.8 Å². The van der Waals surface area contributed by atoms with E-state index in [9.17, 15) is 4.79 Å². The van der Waals surface area contributed by atoms with Gasteiger partial charge in [-0.05, 0) is 25.8 Å². The molecule has 1 aromatic carbocycles. The van der Waals surface area contributed by atoms with Crippen LogP contribution >= 0.6 is 0 Å². The van der Waals surface area contributed by atoms with Gasteiger partial charge in [-0.25, -0.2) is 0 Å². The van der Waals surface area contributed by atoms with Crippen LogP contribution in [0.2, 0.25) is 0 Å². The van der Waals surface area contributed by atoms with Crippen molar-refractivity contribution in [3.05, 3.63) is 35.4 Å². The third-order valence-corrected chi connectivity index (χ3v) is 3.41. The number of nitrogens with one attached hydrogen (secondary N) is 1. The van der Waals surface area contributed by atoms with Crippen molar-refractivity contribution in [3.63, 3.8) is 0 Å². The Hall–Kier alpha value is -1.35. The summed E-state index contributed by atoms with van der Waals surface area (Å²) in [4.78, 5) is 12.0. The Morgan fingerprint density at radius 2 is 1.83 bits per heavy atom. The smallest absolute Gasteiger partial charge is 0.224 e. The number of carbonyl (C=O) groups is 1. The van der Waals surface area contributed by atoms with Crippen LogP contribution in [0.1, 0.15) is 44.4 Å². The van der Waals surface area contributed by atoms with E-state index in [0.717, 1.165) is 12.0 Å². The quantitative estimate of drug-likeness (QED) is 0.841. The highest BCUT2D eigenvalue weighted by Gasteiger charge is 2.20. The molecular formula is C15H24N2O. The molecule has 0 bridgehead atoms. The molecule has 0 aliphatic rings. The summed E-state index contributed by atoms with van der Waals surface area (Å²) in [6, 6.07) is 8.22. The van der Waals surface area contributed by atoms with Gasteiger partial charge in [0.15, 0.2) is 0 Å². The number of amides is 1. The standard InChI is InChI=1S/C15H24N2O/c1-5-14(13-8-6-10(2)7-9-13)17-15(18)11(3)12(4)16/h6-9,11-12,14H,5,16H2,1-4H3,(H,17,18). The lowest BCUT2D eigenvalue weighted by Gasteiger charge is -2.22. The molecular weight excluding hydrogens is 224 g/mol. The van der Waals surface area contributed by atoms with Crippen LogP contribution < -0.4 is 11.1 Å². The average Bonchev–Trinajstić information content (AvgIpc) is 2.35. The second-order valence-corrected chi connectivity index (χ2v) is 5.03. The Morgan fingerprint density at radius 3 is 2.28 bits per heavy atom. The van der Waals surface area contributed by atoms with Crippen molar-refractivity contribution in [1.29, 1.82) is 0 Å². The van der Waals surface area contributed by atoms with Crippen LogP contribution in [0.5, 0.6) is 0 Å². The second kappa shape index (κ2) is 6.55. The van der Waals surface area contributed by atoms with Gasteiger partial charge in [0.2, 0.25) is 5.91 Å². The van der Waals surface area contributed by atoms with E-state index in [-0.39, 0.29) is 23.9 Å². The molecule has 0 saturated heterocycles. The lowest BCUT2D eigenvalue weighted by molar-refractivity contribution is -0.125. The number of hydrogen-bond donors (Lipinski definition) is 2. The molecule has 3 N–H and O–H groups in total. The summed E-state index contributed by atoms with van der Waals surface area (Å²) in [5.74, 6) is -0.137. The Labute approximate surface area is 110 Å². The fourth-order valence-electron chi connectivity index (χ4n) is 1.76. The summed E-state index contributed by atoms with van der Waals surface area (Å²) in [7, 11) is 0. The predicted octanol–water partition coefficient (Wildman–Crippen LogP) is 2.55. The van der Waals surface area contributed by atoms with Gasteiger partial charge >= 0.3 is 0 Å². The molecule has 3 unspecified atom stereocenters. The zero-order valence-electron chi connectivity index (χ0n) is 11.7. The summed E-state index contributed by atoms with van der Waals surface area (Å²) < 4.78 is 0. The van der Waals surface area contributed by atoms with Gasteiger partial charge in [0, 0.05) is 12.0 Å². The number of carbonyl (C=O) groups excluding carboxylic acids is 1. The van der Waals surface area contributed by atoms with Crippen LogP contribution in [-0.4, -0.2) is 11.9 Å². The zero-order valence-corrected chi connectivity index (χ0v) is 11.7. The molecule has 3 heteroatoms. The summed E-state index contributed by atoms with van der Waals surface area (Å²) in [6.45, 7) is 7.85. The number of rotatable bonds is 5. The van der Waals surface area contributed by atoms with Gasteiger partial charge in [0.25, 0.3) is 0 Å².